The third-order valence-corrected chi connectivity index (χ3v) is 5.41. The molecule has 1 unspecified atom stereocenters. The van der Waals surface area contributed by atoms with Crippen molar-refractivity contribution in [3.63, 3.8) is 0 Å². The molecule has 0 saturated carbocycles. The molecule has 3 heterocycles. The Morgan fingerprint density at radius 3 is 3.04 bits per heavy atom. The molecule has 4 rings (SSSR count). The zero-order valence-electron chi connectivity index (χ0n) is 14.5. The van der Waals surface area contributed by atoms with Crippen molar-refractivity contribution in [3.05, 3.63) is 46.9 Å². The van der Waals surface area contributed by atoms with Gasteiger partial charge in [0.15, 0.2) is 0 Å². The summed E-state index contributed by atoms with van der Waals surface area (Å²) in [6, 6.07) is 6.97. The number of ether oxygens (including phenoxy) is 1. The Morgan fingerprint density at radius 2 is 2.27 bits per heavy atom. The normalized spacial score (nSPS) is 16.8. The van der Waals surface area contributed by atoms with Crippen LogP contribution >= 0.6 is 11.3 Å². The topological polar surface area (TPSA) is 81.4 Å². The zero-order valence-corrected chi connectivity index (χ0v) is 15.3. The van der Waals surface area contributed by atoms with E-state index in [9.17, 15) is 4.79 Å². The van der Waals surface area contributed by atoms with Gasteiger partial charge in [-0.1, -0.05) is 6.07 Å². The van der Waals surface area contributed by atoms with E-state index in [1.807, 2.05) is 19.1 Å². The number of nitrogens with zero attached hydrogens (tertiary/aromatic N) is 4. The minimum Gasteiger partial charge on any atom is -0.497 e. The molecule has 134 valence electrons. The molecule has 0 aliphatic carbocycles. The number of carbonyl (C=O) groups excluding carboxylic acids is 1. The van der Waals surface area contributed by atoms with Crippen molar-refractivity contribution in [2.45, 2.75) is 25.8 Å². The van der Waals surface area contributed by atoms with Crippen LogP contribution in [0.3, 0.4) is 0 Å². The Morgan fingerprint density at radius 1 is 1.38 bits per heavy atom. The summed E-state index contributed by atoms with van der Waals surface area (Å²) in [6.45, 7) is 2.57. The summed E-state index contributed by atoms with van der Waals surface area (Å²) in [5.41, 5.74) is 3.21. The van der Waals surface area contributed by atoms with Crippen LogP contribution in [0.15, 0.2) is 34.2 Å². The van der Waals surface area contributed by atoms with Crippen LogP contribution in [0.25, 0.3) is 10.8 Å². The Kier molecular flexibility index (Phi) is 4.42. The molecule has 1 aliphatic rings. The van der Waals surface area contributed by atoms with Crippen LogP contribution in [0, 0.1) is 6.92 Å². The van der Waals surface area contributed by atoms with E-state index >= 15 is 0 Å². The summed E-state index contributed by atoms with van der Waals surface area (Å²) < 4.78 is 11.1. The number of thiazole rings is 1. The number of amides is 1. The van der Waals surface area contributed by atoms with Crippen molar-refractivity contribution in [2.24, 2.45) is 0 Å². The van der Waals surface area contributed by atoms with Crippen LogP contribution in [-0.4, -0.2) is 39.6 Å². The first kappa shape index (κ1) is 16.7. The molecule has 0 spiro atoms. The average Bonchev–Trinajstić information content (AvgIpc) is 3.40. The first-order chi connectivity index (χ1) is 12.7. The highest BCUT2D eigenvalue weighted by atomic mass is 32.1. The standard InChI is InChI=1S/C18H18N4O3S/c1-11-15(26-10-19-11)17-21-20-16(25-17)14-7-4-8-22(14)18(23)12-5-3-6-13(9-12)24-2/h3,5-6,9-10,14H,4,7-8H2,1-2H3. The van der Waals surface area contributed by atoms with Crippen molar-refractivity contribution in [3.8, 4) is 16.5 Å². The maximum Gasteiger partial charge on any atom is 0.259 e. The predicted molar refractivity (Wildman–Crippen MR) is 96.1 cm³/mol. The highest BCUT2D eigenvalue weighted by molar-refractivity contribution is 7.13. The molecule has 2 aromatic heterocycles. The molecule has 26 heavy (non-hydrogen) atoms. The zero-order chi connectivity index (χ0) is 18.1. The fourth-order valence-electron chi connectivity index (χ4n) is 3.16. The maximum atomic E-state index is 13.0. The van der Waals surface area contributed by atoms with Crippen molar-refractivity contribution >= 4 is 17.2 Å². The lowest BCUT2D eigenvalue weighted by atomic mass is 10.1. The van der Waals surface area contributed by atoms with Gasteiger partial charge in [0.1, 0.15) is 16.7 Å². The molecule has 8 heteroatoms. The predicted octanol–water partition coefficient (Wildman–Crippen LogP) is 3.49. The number of carbonyl (C=O) groups is 1. The average molecular weight is 370 g/mol. The number of methoxy groups -OCH3 is 1. The van der Waals surface area contributed by atoms with Gasteiger partial charge in [0.2, 0.25) is 5.89 Å². The van der Waals surface area contributed by atoms with Crippen LogP contribution in [0.5, 0.6) is 5.75 Å². The van der Waals surface area contributed by atoms with Crippen molar-refractivity contribution in [1.82, 2.24) is 20.1 Å². The molecule has 7 nitrogen and oxygen atoms in total. The lowest BCUT2D eigenvalue weighted by Gasteiger charge is -2.22. The van der Waals surface area contributed by atoms with Crippen LogP contribution in [0.2, 0.25) is 0 Å². The quantitative estimate of drug-likeness (QED) is 0.699. The lowest BCUT2D eigenvalue weighted by Crippen LogP contribution is -2.30. The first-order valence-corrected chi connectivity index (χ1v) is 9.24. The summed E-state index contributed by atoms with van der Waals surface area (Å²) in [6.07, 6.45) is 1.71. The summed E-state index contributed by atoms with van der Waals surface area (Å²) in [7, 11) is 1.59. The van der Waals surface area contributed by atoms with Gasteiger partial charge in [-0.15, -0.1) is 21.5 Å². The van der Waals surface area contributed by atoms with E-state index in [0.29, 0.717) is 29.6 Å². The van der Waals surface area contributed by atoms with Gasteiger partial charge in [0, 0.05) is 12.1 Å². The smallest absolute Gasteiger partial charge is 0.259 e. The van der Waals surface area contributed by atoms with Gasteiger partial charge in [-0.25, -0.2) is 4.98 Å². The Bertz CT molecular complexity index is 936. The molecular formula is C18H18N4O3S. The maximum absolute atomic E-state index is 13.0. The molecule has 1 saturated heterocycles. The van der Waals surface area contributed by atoms with E-state index < -0.39 is 0 Å². The van der Waals surface area contributed by atoms with Gasteiger partial charge in [0.05, 0.1) is 18.3 Å². The van der Waals surface area contributed by atoms with E-state index in [4.69, 9.17) is 9.15 Å². The number of hydrogen-bond acceptors (Lipinski definition) is 7. The second kappa shape index (κ2) is 6.87. The van der Waals surface area contributed by atoms with Crippen molar-refractivity contribution in [2.75, 3.05) is 13.7 Å². The highest BCUT2D eigenvalue weighted by Gasteiger charge is 2.34. The summed E-state index contributed by atoms with van der Waals surface area (Å²) in [4.78, 5) is 19.8. The van der Waals surface area contributed by atoms with E-state index in [0.717, 1.165) is 23.4 Å². The monoisotopic (exact) mass is 370 g/mol. The van der Waals surface area contributed by atoms with Gasteiger partial charge in [-0.2, -0.15) is 0 Å². The largest absolute Gasteiger partial charge is 0.497 e. The number of hydrogen-bond donors (Lipinski definition) is 0. The van der Waals surface area contributed by atoms with Crippen molar-refractivity contribution < 1.29 is 13.9 Å². The summed E-state index contributed by atoms with van der Waals surface area (Å²) >= 11 is 1.46. The highest BCUT2D eigenvalue weighted by Crippen LogP contribution is 2.35. The molecule has 1 amide bonds. The second-order valence-corrected chi connectivity index (χ2v) is 6.96. The fourth-order valence-corrected chi connectivity index (χ4v) is 3.88. The van der Waals surface area contributed by atoms with Crippen LogP contribution in [-0.2, 0) is 0 Å². The van der Waals surface area contributed by atoms with Gasteiger partial charge < -0.3 is 14.1 Å². The molecule has 1 aliphatic heterocycles. The molecule has 0 radical (unpaired) electrons. The van der Waals surface area contributed by atoms with E-state index in [-0.39, 0.29) is 11.9 Å². The van der Waals surface area contributed by atoms with Crippen LogP contribution in [0.4, 0.5) is 0 Å². The van der Waals surface area contributed by atoms with Crippen LogP contribution < -0.4 is 4.74 Å². The minimum absolute atomic E-state index is 0.0554. The SMILES string of the molecule is COc1cccc(C(=O)N2CCCC2c2nnc(-c3scnc3C)o2)c1. The number of likely N-dealkylation sites (tertiary alicyclic amines) is 1. The molecule has 3 aromatic rings. The molecule has 1 fully saturated rings. The molecule has 0 bridgehead atoms. The van der Waals surface area contributed by atoms with Gasteiger partial charge in [-0.3, -0.25) is 4.79 Å². The lowest BCUT2D eigenvalue weighted by molar-refractivity contribution is 0.0715. The number of rotatable bonds is 4. The minimum atomic E-state index is -0.205. The van der Waals surface area contributed by atoms with Gasteiger partial charge in [-0.05, 0) is 38.0 Å². The molecular weight excluding hydrogens is 352 g/mol. The Balaban J connectivity index is 1.60. The second-order valence-electron chi connectivity index (χ2n) is 6.10. The number of aryl methyl sites for hydroxylation is 1. The Hall–Kier alpha value is -2.74. The molecule has 1 aromatic carbocycles. The van der Waals surface area contributed by atoms with E-state index in [1.54, 1.807) is 29.7 Å². The number of benzene rings is 1. The van der Waals surface area contributed by atoms with E-state index in [2.05, 4.69) is 15.2 Å². The first-order valence-electron chi connectivity index (χ1n) is 8.36. The van der Waals surface area contributed by atoms with Crippen LogP contribution in [0.1, 0.15) is 40.8 Å². The van der Waals surface area contributed by atoms with E-state index in [1.165, 1.54) is 11.3 Å². The Labute approximate surface area is 154 Å². The fraction of sp³-hybridized carbons (Fsp3) is 0.333. The van der Waals surface area contributed by atoms with Gasteiger partial charge in [0.25, 0.3) is 11.8 Å². The number of aromatic nitrogens is 3. The third kappa shape index (κ3) is 2.96. The summed E-state index contributed by atoms with van der Waals surface area (Å²) in [5.74, 6) is 1.54. The third-order valence-electron chi connectivity index (χ3n) is 4.50. The molecule has 1 atom stereocenters. The molecule has 0 N–H and O–H groups in total. The summed E-state index contributed by atoms with van der Waals surface area (Å²) in [5, 5.41) is 8.35. The van der Waals surface area contributed by atoms with Gasteiger partial charge >= 0.3 is 0 Å². The van der Waals surface area contributed by atoms with Crippen molar-refractivity contribution in [1.29, 1.82) is 0 Å².